The molecule has 0 aliphatic carbocycles. The van der Waals surface area contributed by atoms with Crippen LogP contribution in [0.4, 0.5) is 0 Å². The lowest BCUT2D eigenvalue weighted by atomic mass is 10.1. The van der Waals surface area contributed by atoms with E-state index in [1.807, 2.05) is 19.1 Å². The third kappa shape index (κ3) is 4.06. The average Bonchev–Trinajstić information content (AvgIpc) is 2.59. The van der Waals surface area contributed by atoms with Crippen molar-refractivity contribution >= 4 is 11.6 Å². The number of aryl methyl sites for hydroxylation is 1. The number of carbonyl (C=O) groups excluding carboxylic acids is 1. The summed E-state index contributed by atoms with van der Waals surface area (Å²) in [4.78, 5) is 16.1. The van der Waals surface area contributed by atoms with E-state index in [4.69, 9.17) is 9.47 Å². The van der Waals surface area contributed by atoms with Crippen LogP contribution in [0.2, 0.25) is 0 Å². The lowest BCUT2D eigenvalue weighted by Crippen LogP contribution is -2.19. The highest BCUT2D eigenvalue weighted by atomic mass is 16.5. The van der Waals surface area contributed by atoms with Gasteiger partial charge in [0.1, 0.15) is 11.5 Å². The summed E-state index contributed by atoms with van der Waals surface area (Å²) >= 11 is 0. The minimum Gasteiger partial charge on any atom is -0.497 e. The zero-order valence-electron chi connectivity index (χ0n) is 13.6. The quantitative estimate of drug-likeness (QED) is 0.680. The Morgan fingerprint density at radius 2 is 1.96 bits per heavy atom. The van der Waals surface area contributed by atoms with Crippen molar-refractivity contribution in [3.8, 4) is 11.5 Å². The molecule has 0 atom stereocenters. The molecule has 0 fully saturated rings. The minimum absolute atomic E-state index is 0.315. The van der Waals surface area contributed by atoms with E-state index in [2.05, 4.69) is 15.5 Å². The normalized spacial score (nSPS) is 11.0. The Morgan fingerprint density at radius 1 is 1.17 bits per heavy atom. The summed E-state index contributed by atoms with van der Waals surface area (Å²) < 4.78 is 10.5. The van der Waals surface area contributed by atoms with Crippen LogP contribution in [0.1, 0.15) is 28.5 Å². The van der Waals surface area contributed by atoms with Gasteiger partial charge in [0.05, 0.1) is 25.5 Å². The topological polar surface area (TPSA) is 72.8 Å². The van der Waals surface area contributed by atoms with Crippen LogP contribution in [0.15, 0.2) is 41.6 Å². The molecule has 23 heavy (non-hydrogen) atoms. The van der Waals surface area contributed by atoms with E-state index in [0.717, 1.165) is 11.3 Å². The van der Waals surface area contributed by atoms with E-state index < -0.39 is 0 Å². The standard InChI is InChI=1S/C17H19N3O3/c1-11-5-6-13(10-18-11)17(21)20-19-12(2)15-8-7-14(22-3)9-16(15)23-4/h5-10H,1-4H3,(H,20,21)/b19-12-. The number of ether oxygens (including phenoxy) is 2. The van der Waals surface area contributed by atoms with Crippen LogP contribution < -0.4 is 14.9 Å². The molecular weight excluding hydrogens is 294 g/mol. The van der Waals surface area contributed by atoms with Gasteiger partial charge in [-0.05, 0) is 38.1 Å². The maximum Gasteiger partial charge on any atom is 0.272 e. The summed E-state index contributed by atoms with van der Waals surface area (Å²) in [5.74, 6) is 0.995. The third-order valence-corrected chi connectivity index (χ3v) is 3.30. The van der Waals surface area contributed by atoms with Crippen LogP contribution in [-0.2, 0) is 0 Å². The Morgan fingerprint density at radius 3 is 2.57 bits per heavy atom. The van der Waals surface area contributed by atoms with Gasteiger partial charge >= 0.3 is 0 Å². The Labute approximate surface area is 135 Å². The molecule has 2 aromatic rings. The molecule has 1 heterocycles. The Bertz CT molecular complexity index is 724. The predicted molar refractivity (Wildman–Crippen MR) is 88.2 cm³/mol. The van der Waals surface area contributed by atoms with Crippen molar-refractivity contribution in [1.29, 1.82) is 0 Å². The first kappa shape index (κ1) is 16.5. The predicted octanol–water partition coefficient (Wildman–Crippen LogP) is 2.56. The molecule has 0 aliphatic rings. The van der Waals surface area contributed by atoms with E-state index in [9.17, 15) is 4.79 Å². The number of hydrazone groups is 1. The summed E-state index contributed by atoms with van der Waals surface area (Å²) in [5, 5.41) is 4.13. The molecule has 0 unspecified atom stereocenters. The Hall–Kier alpha value is -2.89. The maximum atomic E-state index is 12.0. The molecule has 6 nitrogen and oxygen atoms in total. The van der Waals surface area contributed by atoms with Gasteiger partial charge in [0, 0.05) is 23.5 Å². The Balaban J connectivity index is 2.16. The molecule has 2 rings (SSSR count). The highest BCUT2D eigenvalue weighted by Gasteiger charge is 2.09. The summed E-state index contributed by atoms with van der Waals surface area (Å²) in [7, 11) is 3.16. The van der Waals surface area contributed by atoms with Gasteiger partial charge in [-0.15, -0.1) is 0 Å². The SMILES string of the molecule is COc1ccc(/C(C)=N\NC(=O)c2ccc(C)nc2)c(OC)c1. The van der Waals surface area contributed by atoms with Crippen LogP contribution in [0.3, 0.4) is 0 Å². The molecule has 1 N–H and O–H groups in total. The molecule has 1 aromatic heterocycles. The van der Waals surface area contributed by atoms with Gasteiger partial charge in [-0.25, -0.2) is 5.43 Å². The van der Waals surface area contributed by atoms with Crippen molar-refractivity contribution in [2.45, 2.75) is 13.8 Å². The van der Waals surface area contributed by atoms with Crippen LogP contribution in [0.25, 0.3) is 0 Å². The number of carbonyl (C=O) groups is 1. The molecule has 0 saturated carbocycles. The molecule has 120 valence electrons. The second-order valence-corrected chi connectivity index (χ2v) is 4.89. The number of pyridine rings is 1. The molecule has 0 radical (unpaired) electrons. The summed E-state index contributed by atoms with van der Waals surface area (Å²) in [6.07, 6.45) is 1.52. The maximum absolute atomic E-state index is 12.0. The van der Waals surface area contributed by atoms with Gasteiger partial charge in [0.15, 0.2) is 0 Å². The number of aromatic nitrogens is 1. The molecule has 1 amide bonds. The van der Waals surface area contributed by atoms with Gasteiger partial charge in [-0.2, -0.15) is 5.10 Å². The van der Waals surface area contributed by atoms with E-state index in [1.54, 1.807) is 39.3 Å². The van der Waals surface area contributed by atoms with Crippen molar-refractivity contribution in [2.75, 3.05) is 14.2 Å². The van der Waals surface area contributed by atoms with Crippen molar-refractivity contribution < 1.29 is 14.3 Å². The number of amides is 1. The minimum atomic E-state index is -0.315. The molecular formula is C17H19N3O3. The third-order valence-electron chi connectivity index (χ3n) is 3.30. The summed E-state index contributed by atoms with van der Waals surface area (Å²) in [6.45, 7) is 3.65. The Kier molecular flexibility index (Phi) is 5.30. The monoisotopic (exact) mass is 313 g/mol. The van der Waals surface area contributed by atoms with E-state index in [0.29, 0.717) is 22.8 Å². The molecule has 0 saturated heterocycles. The second-order valence-electron chi connectivity index (χ2n) is 4.89. The first-order valence-corrected chi connectivity index (χ1v) is 7.05. The van der Waals surface area contributed by atoms with Crippen molar-refractivity contribution in [2.24, 2.45) is 5.10 Å². The van der Waals surface area contributed by atoms with E-state index in [1.165, 1.54) is 6.20 Å². The number of benzene rings is 1. The summed E-state index contributed by atoms with van der Waals surface area (Å²) in [5.41, 5.74) is 5.22. The smallest absolute Gasteiger partial charge is 0.272 e. The van der Waals surface area contributed by atoms with Gasteiger partial charge in [0.2, 0.25) is 0 Å². The van der Waals surface area contributed by atoms with Crippen LogP contribution in [0.5, 0.6) is 11.5 Å². The zero-order valence-corrected chi connectivity index (χ0v) is 13.6. The second kappa shape index (κ2) is 7.40. The van der Waals surface area contributed by atoms with Crippen LogP contribution >= 0.6 is 0 Å². The first-order valence-electron chi connectivity index (χ1n) is 7.05. The molecule has 0 bridgehead atoms. The van der Waals surface area contributed by atoms with E-state index >= 15 is 0 Å². The molecule has 0 spiro atoms. The van der Waals surface area contributed by atoms with Crippen molar-refractivity contribution in [3.63, 3.8) is 0 Å². The molecule has 1 aromatic carbocycles. The van der Waals surface area contributed by atoms with Crippen molar-refractivity contribution in [3.05, 3.63) is 53.3 Å². The fourth-order valence-corrected chi connectivity index (χ4v) is 1.96. The number of methoxy groups -OCH3 is 2. The van der Waals surface area contributed by atoms with Crippen molar-refractivity contribution in [1.82, 2.24) is 10.4 Å². The lowest BCUT2D eigenvalue weighted by molar-refractivity contribution is 0.0954. The first-order chi connectivity index (χ1) is 11.0. The lowest BCUT2D eigenvalue weighted by Gasteiger charge is -2.10. The van der Waals surface area contributed by atoms with E-state index in [-0.39, 0.29) is 5.91 Å². The number of hydrogen-bond acceptors (Lipinski definition) is 5. The van der Waals surface area contributed by atoms with Crippen LogP contribution in [-0.4, -0.2) is 30.8 Å². The zero-order chi connectivity index (χ0) is 16.8. The van der Waals surface area contributed by atoms with Crippen LogP contribution in [0, 0.1) is 6.92 Å². The van der Waals surface area contributed by atoms with Gasteiger partial charge in [-0.3, -0.25) is 9.78 Å². The number of hydrogen-bond donors (Lipinski definition) is 1. The number of nitrogens with one attached hydrogen (secondary N) is 1. The van der Waals surface area contributed by atoms with Gasteiger partial charge in [0.25, 0.3) is 5.91 Å². The molecule has 0 aliphatic heterocycles. The largest absolute Gasteiger partial charge is 0.497 e. The summed E-state index contributed by atoms with van der Waals surface area (Å²) in [6, 6.07) is 8.88. The number of rotatable bonds is 5. The fourth-order valence-electron chi connectivity index (χ4n) is 1.96. The fraction of sp³-hybridized carbons (Fsp3) is 0.235. The number of nitrogens with zero attached hydrogens (tertiary/aromatic N) is 2. The molecule has 6 heteroatoms. The average molecular weight is 313 g/mol. The highest BCUT2D eigenvalue weighted by Crippen LogP contribution is 2.25. The van der Waals surface area contributed by atoms with Gasteiger partial charge in [-0.1, -0.05) is 0 Å². The van der Waals surface area contributed by atoms with Gasteiger partial charge < -0.3 is 9.47 Å². The highest BCUT2D eigenvalue weighted by molar-refractivity contribution is 6.02.